The quantitative estimate of drug-likeness (QED) is 0.318. The van der Waals surface area contributed by atoms with E-state index in [1.54, 1.807) is 18.2 Å². The lowest BCUT2D eigenvalue weighted by Crippen LogP contribution is -2.43. The number of methoxy groups -OCH3 is 1. The minimum absolute atomic E-state index is 0.0272. The molecular formula is C29H25Cl2F2NO5. The molecular weight excluding hydrogens is 551 g/mol. The second-order valence-corrected chi connectivity index (χ2v) is 10.3. The first-order valence-electron chi connectivity index (χ1n) is 12.5. The first-order valence-corrected chi connectivity index (χ1v) is 13.3. The van der Waals surface area contributed by atoms with Crippen molar-refractivity contribution in [1.29, 1.82) is 0 Å². The highest BCUT2D eigenvalue weighted by atomic mass is 35.5. The Bertz CT molecular complexity index is 1420. The van der Waals surface area contributed by atoms with Crippen LogP contribution in [0, 0.1) is 11.6 Å². The van der Waals surface area contributed by atoms with Gasteiger partial charge in [0, 0.05) is 23.6 Å². The van der Waals surface area contributed by atoms with E-state index in [4.69, 9.17) is 37.4 Å². The first kappa shape index (κ1) is 27.2. The highest BCUT2D eigenvalue weighted by molar-refractivity contribution is 6.39. The van der Waals surface area contributed by atoms with E-state index < -0.39 is 29.6 Å². The zero-order valence-corrected chi connectivity index (χ0v) is 22.5. The molecule has 1 N–H and O–H groups in total. The number of carbonyl (C=O) groups is 2. The summed E-state index contributed by atoms with van der Waals surface area (Å²) in [6.45, 7) is 0.439. The third kappa shape index (κ3) is 5.82. The van der Waals surface area contributed by atoms with Gasteiger partial charge in [0.25, 0.3) is 5.91 Å². The van der Waals surface area contributed by atoms with Crippen LogP contribution in [0.2, 0.25) is 10.0 Å². The number of ether oxygens (including phenoxy) is 3. The van der Waals surface area contributed by atoms with E-state index in [2.05, 4.69) is 5.32 Å². The number of nitrogens with one attached hydrogen (secondary N) is 1. The molecule has 1 heterocycles. The minimum atomic E-state index is -1.05. The van der Waals surface area contributed by atoms with Crippen molar-refractivity contribution in [2.24, 2.45) is 0 Å². The van der Waals surface area contributed by atoms with Crippen LogP contribution in [-0.2, 0) is 22.4 Å². The van der Waals surface area contributed by atoms with Crippen molar-refractivity contribution in [1.82, 2.24) is 5.32 Å². The summed E-state index contributed by atoms with van der Waals surface area (Å²) in [6, 6.07) is 9.32. The third-order valence-electron chi connectivity index (χ3n) is 6.71. The Morgan fingerprint density at radius 3 is 2.49 bits per heavy atom. The minimum Gasteiger partial charge on any atom is -0.493 e. The van der Waals surface area contributed by atoms with E-state index in [-0.39, 0.29) is 33.9 Å². The molecule has 1 saturated carbocycles. The summed E-state index contributed by atoms with van der Waals surface area (Å²) in [4.78, 5) is 25.7. The predicted octanol–water partition coefficient (Wildman–Crippen LogP) is 6.32. The molecule has 204 valence electrons. The van der Waals surface area contributed by atoms with Crippen molar-refractivity contribution >= 4 is 35.1 Å². The molecule has 3 aromatic carbocycles. The van der Waals surface area contributed by atoms with Gasteiger partial charge < -0.3 is 19.5 Å². The maximum Gasteiger partial charge on any atom is 0.328 e. The number of halogens is 4. The van der Waals surface area contributed by atoms with Gasteiger partial charge in [0.2, 0.25) is 0 Å². The van der Waals surface area contributed by atoms with Crippen LogP contribution in [0.3, 0.4) is 0 Å². The molecule has 0 spiro atoms. The zero-order chi connectivity index (χ0) is 27.7. The average molecular weight is 576 g/mol. The summed E-state index contributed by atoms with van der Waals surface area (Å²) in [5, 5.41) is 2.98. The van der Waals surface area contributed by atoms with Gasteiger partial charge in [-0.1, -0.05) is 41.4 Å². The topological polar surface area (TPSA) is 73.9 Å². The Balaban J connectivity index is 1.50. The summed E-state index contributed by atoms with van der Waals surface area (Å²) in [5.74, 6) is -2.50. The fourth-order valence-corrected chi connectivity index (χ4v) is 5.21. The number of rotatable bonds is 8. The third-order valence-corrected chi connectivity index (χ3v) is 7.34. The highest BCUT2D eigenvalue weighted by Gasteiger charge is 2.30. The SMILES string of the molecule is COC(=O)[C@H](Cc1ccc(-c2cc(F)c(F)cc2OC2CC2)c2c1CCCO2)NC(=O)c1c(Cl)cccc1Cl. The van der Waals surface area contributed by atoms with Crippen molar-refractivity contribution in [3.05, 3.63) is 80.8 Å². The molecule has 1 amide bonds. The largest absolute Gasteiger partial charge is 0.493 e. The summed E-state index contributed by atoms with van der Waals surface area (Å²) < 4.78 is 45.3. The number of carbonyl (C=O) groups excluding carboxylic acids is 2. The molecule has 5 rings (SSSR count). The maximum atomic E-state index is 14.3. The van der Waals surface area contributed by atoms with E-state index in [0.717, 1.165) is 42.5 Å². The second-order valence-electron chi connectivity index (χ2n) is 9.46. The molecule has 10 heteroatoms. The number of hydrogen-bond acceptors (Lipinski definition) is 5. The fraction of sp³-hybridized carbons (Fsp3) is 0.310. The van der Waals surface area contributed by atoms with Crippen molar-refractivity contribution in [2.75, 3.05) is 13.7 Å². The van der Waals surface area contributed by atoms with Crippen LogP contribution >= 0.6 is 23.2 Å². The summed E-state index contributed by atoms with van der Waals surface area (Å²) >= 11 is 12.4. The number of hydrogen-bond donors (Lipinski definition) is 1. The van der Waals surface area contributed by atoms with Gasteiger partial charge in [-0.3, -0.25) is 4.79 Å². The summed E-state index contributed by atoms with van der Waals surface area (Å²) in [5.41, 5.74) is 2.54. The van der Waals surface area contributed by atoms with Gasteiger partial charge in [-0.2, -0.15) is 0 Å². The normalized spacial score (nSPS) is 15.1. The molecule has 0 radical (unpaired) electrons. The highest BCUT2D eigenvalue weighted by Crippen LogP contribution is 2.44. The maximum absolute atomic E-state index is 14.3. The Labute approximate surface area is 234 Å². The van der Waals surface area contributed by atoms with Crippen LogP contribution in [-0.4, -0.2) is 37.7 Å². The molecule has 0 unspecified atom stereocenters. The van der Waals surface area contributed by atoms with E-state index in [9.17, 15) is 18.4 Å². The Kier molecular flexibility index (Phi) is 7.96. The second kappa shape index (κ2) is 11.4. The molecule has 2 aliphatic rings. The van der Waals surface area contributed by atoms with E-state index >= 15 is 0 Å². The van der Waals surface area contributed by atoms with Gasteiger partial charge >= 0.3 is 5.97 Å². The lowest BCUT2D eigenvalue weighted by Gasteiger charge is -2.26. The number of amides is 1. The van der Waals surface area contributed by atoms with Gasteiger partial charge in [0.1, 0.15) is 17.5 Å². The van der Waals surface area contributed by atoms with Crippen LogP contribution in [0.15, 0.2) is 42.5 Å². The molecule has 1 aliphatic carbocycles. The van der Waals surface area contributed by atoms with E-state index in [1.165, 1.54) is 19.2 Å². The van der Waals surface area contributed by atoms with Crippen molar-refractivity contribution < 1.29 is 32.6 Å². The molecule has 6 nitrogen and oxygen atoms in total. The molecule has 39 heavy (non-hydrogen) atoms. The van der Waals surface area contributed by atoms with Gasteiger partial charge in [0.15, 0.2) is 11.6 Å². The molecule has 1 fully saturated rings. The smallest absolute Gasteiger partial charge is 0.328 e. The fourth-order valence-electron chi connectivity index (χ4n) is 4.64. The van der Waals surface area contributed by atoms with E-state index in [1.807, 2.05) is 0 Å². The Morgan fingerprint density at radius 1 is 1.08 bits per heavy atom. The molecule has 0 aromatic heterocycles. The summed E-state index contributed by atoms with van der Waals surface area (Å²) in [6.07, 6.45) is 3.12. The van der Waals surface area contributed by atoms with Crippen LogP contribution in [0.25, 0.3) is 11.1 Å². The van der Waals surface area contributed by atoms with Gasteiger partial charge in [-0.25, -0.2) is 13.6 Å². The van der Waals surface area contributed by atoms with Crippen molar-refractivity contribution in [3.8, 4) is 22.6 Å². The lowest BCUT2D eigenvalue weighted by molar-refractivity contribution is -0.142. The van der Waals surface area contributed by atoms with Crippen molar-refractivity contribution in [2.45, 2.75) is 44.2 Å². The molecule has 0 bridgehead atoms. The number of fused-ring (bicyclic) bond motifs is 1. The average Bonchev–Trinajstić information content (AvgIpc) is 3.74. The van der Waals surface area contributed by atoms with Crippen LogP contribution < -0.4 is 14.8 Å². The monoisotopic (exact) mass is 575 g/mol. The van der Waals surface area contributed by atoms with Crippen LogP contribution in [0.5, 0.6) is 11.5 Å². The Morgan fingerprint density at radius 2 is 1.79 bits per heavy atom. The standard InChI is InChI=1S/C29H25Cl2F2NO5/c1-37-29(36)24(34-28(35)26-20(30)5-2-6-21(26)31)12-15-7-10-18(27-17(15)4-3-11-38-27)19-13-22(32)23(33)14-25(19)39-16-8-9-16/h2,5-7,10,13-14,16,24H,3-4,8-9,11-12H2,1H3,(H,34,35)/t24-/m0/s1. The molecule has 0 saturated heterocycles. The lowest BCUT2D eigenvalue weighted by atomic mass is 9.90. The first-order chi connectivity index (χ1) is 18.8. The predicted molar refractivity (Wildman–Crippen MR) is 143 cm³/mol. The van der Waals surface area contributed by atoms with Gasteiger partial charge in [-0.05, 0) is 55.0 Å². The number of esters is 1. The summed E-state index contributed by atoms with van der Waals surface area (Å²) in [7, 11) is 1.23. The van der Waals surface area contributed by atoms with Crippen molar-refractivity contribution in [3.63, 3.8) is 0 Å². The van der Waals surface area contributed by atoms with Crippen LogP contribution in [0.4, 0.5) is 8.78 Å². The van der Waals surface area contributed by atoms with Gasteiger partial charge in [-0.15, -0.1) is 0 Å². The molecule has 1 aliphatic heterocycles. The van der Waals surface area contributed by atoms with E-state index in [0.29, 0.717) is 29.9 Å². The van der Waals surface area contributed by atoms with Crippen LogP contribution in [0.1, 0.15) is 40.7 Å². The zero-order valence-electron chi connectivity index (χ0n) is 21.0. The number of benzene rings is 3. The molecule has 1 atom stereocenters. The van der Waals surface area contributed by atoms with Gasteiger partial charge in [0.05, 0.1) is 35.4 Å². The molecule has 3 aromatic rings. The Hall–Kier alpha value is -3.36.